The number of carbonyl (C=O) groups is 4. The molecule has 3 heterocycles. The molecule has 6 atom stereocenters. The highest BCUT2D eigenvalue weighted by molar-refractivity contribution is 8.03. The van der Waals surface area contributed by atoms with Crippen LogP contribution in [0.15, 0.2) is 23.3 Å². The number of β-lactam (4-membered cyclic amide) rings is 1. The third-order valence-corrected chi connectivity index (χ3v) is 7.65. The summed E-state index contributed by atoms with van der Waals surface area (Å²) in [5.41, 5.74) is -0.0717. The summed E-state index contributed by atoms with van der Waals surface area (Å²) in [6, 6.07) is -1.14. The van der Waals surface area contributed by atoms with Crippen molar-refractivity contribution in [1.82, 2.24) is 14.7 Å². The minimum absolute atomic E-state index is 0.0147. The first kappa shape index (κ1) is 24.1. The Hall–Kier alpha value is -2.53. The van der Waals surface area contributed by atoms with E-state index in [1.165, 1.54) is 39.5 Å². The molecule has 2 fully saturated rings. The highest BCUT2D eigenvalue weighted by atomic mass is 32.2. The van der Waals surface area contributed by atoms with Gasteiger partial charge in [-0.05, 0) is 13.3 Å². The number of carboxylic acid groups (broad SMARTS) is 1. The first-order valence-electron chi connectivity index (χ1n) is 10.4. The Morgan fingerprint density at radius 2 is 2.03 bits per heavy atom. The van der Waals surface area contributed by atoms with Gasteiger partial charge in [-0.25, -0.2) is 9.59 Å². The Kier molecular flexibility index (Phi) is 6.89. The Labute approximate surface area is 190 Å². The van der Waals surface area contributed by atoms with Gasteiger partial charge in [-0.3, -0.25) is 14.5 Å². The number of rotatable bonds is 7. The number of hydrogen-bond donors (Lipinski definition) is 2. The molecule has 0 radical (unpaired) electrons. The van der Waals surface area contributed by atoms with Gasteiger partial charge in [0.1, 0.15) is 18.3 Å². The van der Waals surface area contributed by atoms with Crippen LogP contribution in [0, 0.1) is 11.8 Å². The predicted octanol–water partition coefficient (Wildman–Crippen LogP) is 0.727. The SMILES string of the molecule is C=CCOC(=O)N1C[C@@H](SC2=C(C(=O)O)N3C(=O)[C@H]([C@@H](C)O)[C@H]3[C@H]2C)C[C@H]1C(=O)N(C)C. The molecule has 0 bridgehead atoms. The molecule has 176 valence electrons. The maximum atomic E-state index is 12.7. The lowest BCUT2D eigenvalue weighted by atomic mass is 9.79. The van der Waals surface area contributed by atoms with Crippen LogP contribution in [0.5, 0.6) is 0 Å². The minimum Gasteiger partial charge on any atom is -0.477 e. The number of thioether (sulfide) groups is 1. The fourth-order valence-electron chi connectivity index (χ4n) is 4.69. The minimum atomic E-state index is -1.21. The van der Waals surface area contributed by atoms with E-state index in [1.54, 1.807) is 14.1 Å². The number of aliphatic hydroxyl groups is 1. The summed E-state index contributed by atoms with van der Waals surface area (Å²) >= 11 is 1.28. The molecule has 3 aliphatic heterocycles. The van der Waals surface area contributed by atoms with Crippen molar-refractivity contribution in [2.24, 2.45) is 11.8 Å². The zero-order valence-electron chi connectivity index (χ0n) is 18.6. The zero-order chi connectivity index (χ0) is 23.9. The summed E-state index contributed by atoms with van der Waals surface area (Å²) in [5, 5.41) is 19.5. The molecule has 0 aromatic carbocycles. The molecule has 10 nitrogen and oxygen atoms in total. The summed E-state index contributed by atoms with van der Waals surface area (Å²) < 4.78 is 5.13. The van der Waals surface area contributed by atoms with Crippen LogP contribution in [0.1, 0.15) is 20.3 Å². The maximum absolute atomic E-state index is 12.7. The van der Waals surface area contributed by atoms with Gasteiger partial charge in [0.2, 0.25) is 11.8 Å². The number of hydrogen-bond acceptors (Lipinski definition) is 7. The molecule has 0 aromatic rings. The van der Waals surface area contributed by atoms with Gasteiger partial charge in [0.05, 0.1) is 18.1 Å². The summed E-state index contributed by atoms with van der Waals surface area (Å²) in [6.45, 7) is 7.10. The Bertz CT molecular complexity index is 871. The summed E-state index contributed by atoms with van der Waals surface area (Å²) in [7, 11) is 3.21. The van der Waals surface area contributed by atoms with Crippen LogP contribution in [-0.4, -0.2) is 99.5 Å². The lowest BCUT2D eigenvalue weighted by Gasteiger charge is -2.46. The molecular weight excluding hydrogens is 438 g/mol. The molecular formula is C21H29N3O7S. The van der Waals surface area contributed by atoms with Crippen LogP contribution in [0.25, 0.3) is 0 Å². The topological polar surface area (TPSA) is 128 Å². The zero-order valence-corrected chi connectivity index (χ0v) is 19.4. The van der Waals surface area contributed by atoms with Crippen molar-refractivity contribution in [3.05, 3.63) is 23.3 Å². The fourth-order valence-corrected chi connectivity index (χ4v) is 6.21. The molecule has 0 aliphatic carbocycles. The van der Waals surface area contributed by atoms with Gasteiger partial charge in [0, 0.05) is 36.7 Å². The first-order chi connectivity index (χ1) is 15.0. The second kappa shape index (κ2) is 9.14. The Morgan fingerprint density at radius 1 is 1.38 bits per heavy atom. The van der Waals surface area contributed by atoms with Crippen molar-refractivity contribution in [3.8, 4) is 0 Å². The molecule has 0 aromatic heterocycles. The van der Waals surface area contributed by atoms with Gasteiger partial charge in [0.25, 0.3) is 0 Å². The maximum Gasteiger partial charge on any atom is 0.410 e. The molecule has 2 N–H and O–H groups in total. The molecule has 32 heavy (non-hydrogen) atoms. The number of carbonyl (C=O) groups excluding carboxylic acids is 3. The van der Waals surface area contributed by atoms with E-state index in [-0.39, 0.29) is 35.9 Å². The van der Waals surface area contributed by atoms with E-state index < -0.39 is 42.1 Å². The predicted molar refractivity (Wildman–Crippen MR) is 116 cm³/mol. The van der Waals surface area contributed by atoms with Crippen molar-refractivity contribution >= 4 is 35.6 Å². The van der Waals surface area contributed by atoms with Gasteiger partial charge in [0.15, 0.2) is 0 Å². The molecule has 2 saturated heterocycles. The normalized spacial score (nSPS) is 30.0. The van der Waals surface area contributed by atoms with E-state index in [2.05, 4.69) is 6.58 Å². The van der Waals surface area contributed by atoms with Gasteiger partial charge in [-0.2, -0.15) is 0 Å². The van der Waals surface area contributed by atoms with Crippen LogP contribution in [0.4, 0.5) is 4.79 Å². The quantitative estimate of drug-likeness (QED) is 0.414. The lowest BCUT2D eigenvalue weighted by Crippen LogP contribution is -2.63. The van der Waals surface area contributed by atoms with Crippen LogP contribution >= 0.6 is 11.8 Å². The molecule has 0 spiro atoms. The van der Waals surface area contributed by atoms with Crippen molar-refractivity contribution in [2.45, 2.75) is 43.7 Å². The van der Waals surface area contributed by atoms with E-state index in [4.69, 9.17) is 4.74 Å². The number of amides is 3. The molecule has 3 aliphatic rings. The third-order valence-electron chi connectivity index (χ3n) is 6.15. The second-order valence-corrected chi connectivity index (χ2v) is 9.86. The largest absolute Gasteiger partial charge is 0.477 e. The number of aliphatic hydroxyl groups excluding tert-OH is 1. The Morgan fingerprint density at radius 3 is 2.56 bits per heavy atom. The van der Waals surface area contributed by atoms with Crippen LogP contribution < -0.4 is 0 Å². The first-order valence-corrected chi connectivity index (χ1v) is 11.3. The molecule has 3 amide bonds. The number of likely N-dealkylation sites (N-methyl/N-ethyl adjacent to an activating group) is 1. The van der Waals surface area contributed by atoms with E-state index in [0.717, 1.165) is 0 Å². The lowest BCUT2D eigenvalue weighted by molar-refractivity contribution is -0.163. The summed E-state index contributed by atoms with van der Waals surface area (Å²) in [6.07, 6.45) is 0.252. The Balaban J connectivity index is 1.85. The molecule has 3 rings (SSSR count). The number of likely N-dealkylation sites (tertiary alicyclic amines) is 1. The average molecular weight is 468 g/mol. The van der Waals surface area contributed by atoms with Crippen molar-refractivity contribution in [3.63, 3.8) is 0 Å². The monoisotopic (exact) mass is 467 g/mol. The molecule has 11 heteroatoms. The van der Waals surface area contributed by atoms with E-state index in [1.807, 2.05) is 6.92 Å². The van der Waals surface area contributed by atoms with Crippen LogP contribution in [0.2, 0.25) is 0 Å². The van der Waals surface area contributed by atoms with E-state index in [0.29, 0.717) is 11.3 Å². The molecule has 0 saturated carbocycles. The van der Waals surface area contributed by atoms with Crippen LogP contribution in [0.3, 0.4) is 0 Å². The number of nitrogens with zero attached hydrogens (tertiary/aromatic N) is 3. The highest BCUT2D eigenvalue weighted by Gasteiger charge is 2.60. The van der Waals surface area contributed by atoms with Crippen molar-refractivity contribution in [1.29, 1.82) is 0 Å². The van der Waals surface area contributed by atoms with Crippen molar-refractivity contribution < 1.29 is 34.1 Å². The second-order valence-electron chi connectivity index (χ2n) is 8.51. The number of ether oxygens (including phenoxy) is 1. The third kappa shape index (κ3) is 3.99. The number of aliphatic carboxylic acids is 1. The fraction of sp³-hybridized carbons (Fsp3) is 0.619. The van der Waals surface area contributed by atoms with Gasteiger partial charge >= 0.3 is 12.1 Å². The van der Waals surface area contributed by atoms with E-state index >= 15 is 0 Å². The number of carboxylic acids is 1. The van der Waals surface area contributed by atoms with Gasteiger partial charge in [-0.1, -0.05) is 19.6 Å². The molecule has 0 unspecified atom stereocenters. The standard InChI is InChI=1S/C21H29N3O7S/c1-6-7-31-21(30)23-9-12(8-13(23)18(26)22(4)5)32-17-10(2)15-14(11(3)25)19(27)24(15)16(17)20(28)29/h6,10-15,25H,1,7-9H2,2-5H3,(H,28,29)/t10-,11-,12+,13+,14-,15-/m1/s1. The van der Waals surface area contributed by atoms with Gasteiger partial charge in [-0.15, -0.1) is 11.8 Å². The smallest absolute Gasteiger partial charge is 0.410 e. The van der Waals surface area contributed by atoms with E-state index in [9.17, 15) is 29.4 Å². The van der Waals surface area contributed by atoms with Crippen molar-refractivity contribution in [2.75, 3.05) is 27.2 Å². The average Bonchev–Trinajstić information content (AvgIpc) is 3.23. The highest BCUT2D eigenvalue weighted by Crippen LogP contribution is 2.52. The summed E-state index contributed by atoms with van der Waals surface area (Å²) in [5.74, 6) is -2.78. The van der Waals surface area contributed by atoms with Crippen LogP contribution in [-0.2, 0) is 19.1 Å². The number of fused-ring (bicyclic) bond motifs is 1. The summed E-state index contributed by atoms with van der Waals surface area (Å²) in [4.78, 5) is 54.3. The van der Waals surface area contributed by atoms with Gasteiger partial charge < -0.3 is 24.7 Å².